The molecule has 1 fully saturated rings. The van der Waals surface area contributed by atoms with Crippen LogP contribution in [0.5, 0.6) is 11.5 Å². The number of fused-ring (bicyclic) bond motifs is 1. The second-order valence-electron chi connectivity index (χ2n) is 5.28. The molecule has 2 aromatic carbocycles. The topological polar surface area (TPSA) is 68.4 Å². The van der Waals surface area contributed by atoms with E-state index < -0.39 is 0 Å². The number of aromatic nitrogens is 2. The maximum Gasteiger partial charge on any atom is 0.229 e. The Balaban J connectivity index is 1.54. The van der Waals surface area contributed by atoms with Crippen LogP contribution in [0.25, 0.3) is 10.8 Å². The summed E-state index contributed by atoms with van der Waals surface area (Å²) in [6, 6.07) is 11.3. The van der Waals surface area contributed by atoms with Crippen LogP contribution in [0.3, 0.4) is 0 Å². The molecule has 0 saturated heterocycles. The van der Waals surface area contributed by atoms with Gasteiger partial charge in [0.2, 0.25) is 11.7 Å². The molecule has 3 aromatic rings. The minimum atomic E-state index is 0.111. The van der Waals surface area contributed by atoms with Gasteiger partial charge in [0, 0.05) is 5.92 Å². The molecular weight excluding hydrogens is 268 g/mol. The number of phenols is 1. The van der Waals surface area contributed by atoms with Crippen LogP contribution in [0.4, 0.5) is 0 Å². The lowest BCUT2D eigenvalue weighted by atomic mass is 10.1. The highest BCUT2D eigenvalue weighted by atomic mass is 16.5. The highest BCUT2D eigenvalue weighted by molar-refractivity contribution is 5.85. The molecular formula is C16H14N2O3. The SMILES string of the molecule is Oc1cc2ccccc2cc1OCc1noc(C2CC2)n1. The fraction of sp³-hybridized carbons (Fsp3) is 0.250. The Hall–Kier alpha value is -2.56. The molecule has 1 aromatic heterocycles. The molecule has 1 heterocycles. The molecule has 1 aliphatic rings. The van der Waals surface area contributed by atoms with Gasteiger partial charge < -0.3 is 14.4 Å². The zero-order chi connectivity index (χ0) is 14.2. The molecule has 0 bridgehead atoms. The Morgan fingerprint density at radius 2 is 1.95 bits per heavy atom. The van der Waals surface area contributed by atoms with E-state index in [4.69, 9.17) is 9.26 Å². The van der Waals surface area contributed by atoms with Crippen LogP contribution in [-0.4, -0.2) is 15.2 Å². The molecule has 0 atom stereocenters. The third kappa shape index (κ3) is 2.42. The Bertz CT molecular complexity index is 793. The highest BCUT2D eigenvalue weighted by Crippen LogP contribution is 2.39. The Kier molecular flexibility index (Phi) is 2.77. The summed E-state index contributed by atoms with van der Waals surface area (Å²) in [5.41, 5.74) is 0. The first-order valence-corrected chi connectivity index (χ1v) is 6.96. The van der Waals surface area contributed by atoms with Crippen LogP contribution in [0.1, 0.15) is 30.5 Å². The predicted molar refractivity (Wildman–Crippen MR) is 76.2 cm³/mol. The van der Waals surface area contributed by atoms with Gasteiger partial charge in [-0.1, -0.05) is 29.4 Å². The number of benzene rings is 2. The number of rotatable bonds is 4. The molecule has 1 N–H and O–H groups in total. The minimum absolute atomic E-state index is 0.111. The number of nitrogens with zero attached hydrogens (tertiary/aromatic N) is 2. The van der Waals surface area contributed by atoms with Crippen LogP contribution >= 0.6 is 0 Å². The van der Waals surface area contributed by atoms with Gasteiger partial charge in [-0.3, -0.25) is 0 Å². The lowest BCUT2D eigenvalue weighted by molar-refractivity contribution is 0.272. The van der Waals surface area contributed by atoms with Gasteiger partial charge in [0.1, 0.15) is 0 Å². The van der Waals surface area contributed by atoms with Crippen molar-refractivity contribution in [1.82, 2.24) is 10.1 Å². The van der Waals surface area contributed by atoms with E-state index in [-0.39, 0.29) is 12.4 Å². The van der Waals surface area contributed by atoms with Crippen molar-refractivity contribution in [3.05, 3.63) is 48.1 Å². The first-order valence-electron chi connectivity index (χ1n) is 6.96. The fourth-order valence-corrected chi connectivity index (χ4v) is 2.29. The number of ether oxygens (including phenoxy) is 1. The zero-order valence-electron chi connectivity index (χ0n) is 11.3. The summed E-state index contributed by atoms with van der Waals surface area (Å²) < 4.78 is 10.8. The van der Waals surface area contributed by atoms with Gasteiger partial charge in [0.05, 0.1) is 0 Å². The van der Waals surface area contributed by atoms with E-state index in [0.29, 0.717) is 23.4 Å². The third-order valence-electron chi connectivity index (χ3n) is 3.59. The van der Waals surface area contributed by atoms with E-state index in [1.165, 1.54) is 0 Å². The number of aromatic hydroxyl groups is 1. The first kappa shape index (κ1) is 12.2. The van der Waals surface area contributed by atoms with Crippen molar-refractivity contribution in [3.8, 4) is 11.5 Å². The lowest BCUT2D eigenvalue weighted by Crippen LogP contribution is -1.98. The van der Waals surface area contributed by atoms with Gasteiger partial charge in [-0.05, 0) is 35.7 Å². The van der Waals surface area contributed by atoms with Crippen molar-refractivity contribution < 1.29 is 14.4 Å². The quantitative estimate of drug-likeness (QED) is 0.794. The maximum atomic E-state index is 10.0. The molecule has 0 unspecified atom stereocenters. The molecule has 21 heavy (non-hydrogen) atoms. The predicted octanol–water partition coefficient (Wildman–Crippen LogP) is 3.38. The van der Waals surface area contributed by atoms with Crippen LogP contribution < -0.4 is 4.74 Å². The summed E-state index contributed by atoms with van der Waals surface area (Å²) in [6.45, 7) is 0.183. The van der Waals surface area contributed by atoms with E-state index >= 15 is 0 Å². The van der Waals surface area contributed by atoms with Gasteiger partial charge in [-0.2, -0.15) is 4.98 Å². The molecule has 0 aliphatic heterocycles. The fourth-order valence-electron chi connectivity index (χ4n) is 2.29. The average molecular weight is 282 g/mol. The summed E-state index contributed by atoms with van der Waals surface area (Å²) in [6.07, 6.45) is 2.24. The van der Waals surface area contributed by atoms with Gasteiger partial charge in [-0.15, -0.1) is 0 Å². The second-order valence-corrected chi connectivity index (χ2v) is 5.28. The van der Waals surface area contributed by atoms with Crippen LogP contribution in [0.15, 0.2) is 40.9 Å². The molecule has 5 heteroatoms. The molecule has 0 radical (unpaired) electrons. The van der Waals surface area contributed by atoms with Crippen molar-refractivity contribution >= 4 is 10.8 Å². The van der Waals surface area contributed by atoms with Crippen molar-refractivity contribution in [2.75, 3.05) is 0 Å². The largest absolute Gasteiger partial charge is 0.504 e. The summed E-state index contributed by atoms with van der Waals surface area (Å²) in [4.78, 5) is 4.29. The van der Waals surface area contributed by atoms with E-state index in [9.17, 15) is 5.11 Å². The molecule has 5 nitrogen and oxygen atoms in total. The van der Waals surface area contributed by atoms with Crippen LogP contribution in [-0.2, 0) is 6.61 Å². The summed E-state index contributed by atoms with van der Waals surface area (Å²) in [5, 5.41) is 15.9. The summed E-state index contributed by atoms with van der Waals surface area (Å²) in [7, 11) is 0. The third-order valence-corrected chi connectivity index (χ3v) is 3.59. The number of phenolic OH excluding ortho intramolecular Hbond substituents is 1. The number of hydrogen-bond donors (Lipinski definition) is 1. The first-order chi connectivity index (χ1) is 10.3. The summed E-state index contributed by atoms with van der Waals surface area (Å²) in [5.74, 6) is 2.16. The zero-order valence-corrected chi connectivity index (χ0v) is 11.3. The van der Waals surface area contributed by atoms with E-state index in [0.717, 1.165) is 23.6 Å². The van der Waals surface area contributed by atoms with Gasteiger partial charge in [0.15, 0.2) is 18.1 Å². The van der Waals surface area contributed by atoms with Crippen LogP contribution in [0.2, 0.25) is 0 Å². The van der Waals surface area contributed by atoms with Gasteiger partial charge >= 0.3 is 0 Å². The Morgan fingerprint density at radius 1 is 1.19 bits per heavy atom. The minimum Gasteiger partial charge on any atom is -0.504 e. The van der Waals surface area contributed by atoms with Gasteiger partial charge in [0.25, 0.3) is 0 Å². The average Bonchev–Trinajstić information content (AvgIpc) is 3.24. The highest BCUT2D eigenvalue weighted by Gasteiger charge is 2.29. The molecule has 1 aliphatic carbocycles. The van der Waals surface area contributed by atoms with E-state index in [1.807, 2.05) is 30.3 Å². The second kappa shape index (κ2) is 4.77. The van der Waals surface area contributed by atoms with Crippen LogP contribution in [0, 0.1) is 0 Å². The van der Waals surface area contributed by atoms with Crippen molar-refractivity contribution in [1.29, 1.82) is 0 Å². The van der Waals surface area contributed by atoms with Crippen molar-refractivity contribution in [2.24, 2.45) is 0 Å². The molecule has 4 rings (SSSR count). The monoisotopic (exact) mass is 282 g/mol. The molecule has 1 saturated carbocycles. The molecule has 0 spiro atoms. The van der Waals surface area contributed by atoms with E-state index in [1.54, 1.807) is 6.07 Å². The summed E-state index contributed by atoms with van der Waals surface area (Å²) >= 11 is 0. The van der Waals surface area contributed by atoms with Crippen molar-refractivity contribution in [2.45, 2.75) is 25.4 Å². The van der Waals surface area contributed by atoms with Gasteiger partial charge in [-0.25, -0.2) is 0 Å². The molecule has 0 amide bonds. The standard InChI is InChI=1S/C16H14N2O3/c19-13-7-11-3-1-2-4-12(11)8-14(13)20-9-15-17-16(21-18-15)10-5-6-10/h1-4,7-8,10,19H,5-6,9H2. The smallest absolute Gasteiger partial charge is 0.229 e. The Labute approximate surface area is 121 Å². The van der Waals surface area contributed by atoms with E-state index in [2.05, 4.69) is 10.1 Å². The lowest BCUT2D eigenvalue weighted by Gasteiger charge is -2.07. The number of hydrogen-bond acceptors (Lipinski definition) is 5. The maximum absolute atomic E-state index is 10.0. The normalized spacial score (nSPS) is 14.5. The van der Waals surface area contributed by atoms with Crippen molar-refractivity contribution in [3.63, 3.8) is 0 Å². The molecule has 106 valence electrons. The Morgan fingerprint density at radius 3 is 2.71 bits per heavy atom.